The number of benzene rings is 2. The van der Waals surface area contributed by atoms with E-state index >= 15 is 0 Å². The third-order valence-electron chi connectivity index (χ3n) is 4.30. The molecule has 4 heteroatoms. The van der Waals surface area contributed by atoms with E-state index in [4.69, 9.17) is 4.74 Å². The lowest BCUT2D eigenvalue weighted by Gasteiger charge is -2.23. The Hall–Kier alpha value is -2.33. The molecule has 2 aromatic carbocycles. The summed E-state index contributed by atoms with van der Waals surface area (Å²) in [4.78, 5) is 12.6. The largest absolute Gasteiger partial charge is 0.496 e. The highest BCUT2D eigenvalue weighted by Gasteiger charge is 2.26. The van der Waals surface area contributed by atoms with Crippen molar-refractivity contribution < 1.29 is 9.53 Å². The molecule has 0 bridgehead atoms. The van der Waals surface area contributed by atoms with E-state index in [1.54, 1.807) is 7.11 Å². The Morgan fingerprint density at radius 3 is 2.61 bits per heavy atom. The summed E-state index contributed by atoms with van der Waals surface area (Å²) in [6.07, 6.45) is 0.888. The summed E-state index contributed by atoms with van der Waals surface area (Å²) in [5, 5.41) is 6.45. The van der Waals surface area contributed by atoms with E-state index < -0.39 is 0 Å². The van der Waals surface area contributed by atoms with Crippen molar-refractivity contribution in [3.63, 3.8) is 0 Å². The summed E-state index contributed by atoms with van der Waals surface area (Å²) in [6.45, 7) is 1.65. The second-order valence-electron chi connectivity index (χ2n) is 5.78. The minimum atomic E-state index is -0.208. The van der Waals surface area contributed by atoms with Crippen LogP contribution in [0.25, 0.3) is 0 Å². The molecular formula is C19H22N2O2. The molecular weight excluding hydrogens is 288 g/mol. The Labute approximate surface area is 136 Å². The molecule has 1 aliphatic rings. The molecule has 0 aliphatic carbocycles. The van der Waals surface area contributed by atoms with E-state index in [9.17, 15) is 4.79 Å². The topological polar surface area (TPSA) is 50.4 Å². The van der Waals surface area contributed by atoms with Gasteiger partial charge in [-0.25, -0.2) is 0 Å². The summed E-state index contributed by atoms with van der Waals surface area (Å²) in [5.41, 5.74) is 2.02. The number of hydrogen-bond donors (Lipinski definition) is 2. The molecule has 0 radical (unpaired) electrons. The van der Waals surface area contributed by atoms with Crippen LogP contribution in [-0.4, -0.2) is 26.1 Å². The third kappa shape index (κ3) is 3.54. The second kappa shape index (κ2) is 7.29. The number of para-hydroxylation sites is 1. The van der Waals surface area contributed by atoms with Gasteiger partial charge in [-0.1, -0.05) is 48.5 Å². The Morgan fingerprint density at radius 2 is 1.91 bits per heavy atom. The zero-order valence-electron chi connectivity index (χ0n) is 13.3. The highest BCUT2D eigenvalue weighted by atomic mass is 16.5. The molecule has 1 amide bonds. The van der Waals surface area contributed by atoms with Gasteiger partial charge in [0.05, 0.1) is 19.1 Å². The van der Waals surface area contributed by atoms with Crippen LogP contribution in [-0.2, 0) is 4.79 Å². The number of hydrogen-bond acceptors (Lipinski definition) is 3. The van der Waals surface area contributed by atoms with Crippen LogP contribution >= 0.6 is 0 Å². The van der Waals surface area contributed by atoms with Crippen molar-refractivity contribution >= 4 is 5.91 Å². The van der Waals surface area contributed by atoms with Crippen molar-refractivity contribution in [3.8, 4) is 5.75 Å². The van der Waals surface area contributed by atoms with Gasteiger partial charge in [-0.05, 0) is 24.6 Å². The van der Waals surface area contributed by atoms with Gasteiger partial charge in [0.25, 0.3) is 0 Å². The number of amides is 1. The Kier molecular flexibility index (Phi) is 4.93. The van der Waals surface area contributed by atoms with Crippen LogP contribution in [0, 0.1) is 5.92 Å². The van der Waals surface area contributed by atoms with Crippen LogP contribution in [0.2, 0.25) is 0 Å². The minimum Gasteiger partial charge on any atom is -0.496 e. The quantitative estimate of drug-likeness (QED) is 0.892. The van der Waals surface area contributed by atoms with Gasteiger partial charge < -0.3 is 15.4 Å². The van der Waals surface area contributed by atoms with Gasteiger partial charge in [0.1, 0.15) is 5.75 Å². The standard InChI is InChI=1S/C19H22N2O2/c1-23-17-10-6-5-9-16(17)18(14-7-3-2-4-8-14)21-19(22)15-11-12-20-13-15/h2-10,15,18,20H,11-13H2,1H3,(H,21,22). The molecule has 3 rings (SSSR count). The van der Waals surface area contributed by atoms with E-state index in [1.165, 1.54) is 0 Å². The number of ether oxygens (including phenoxy) is 1. The van der Waals surface area contributed by atoms with E-state index in [-0.39, 0.29) is 17.9 Å². The number of carbonyl (C=O) groups excluding carboxylic acids is 1. The SMILES string of the molecule is COc1ccccc1C(NC(=O)C1CCNC1)c1ccccc1. The first-order valence-corrected chi connectivity index (χ1v) is 7.98. The predicted molar refractivity (Wildman–Crippen MR) is 90.4 cm³/mol. The molecule has 1 saturated heterocycles. The average Bonchev–Trinajstić information content (AvgIpc) is 3.15. The summed E-state index contributed by atoms with van der Waals surface area (Å²) < 4.78 is 5.49. The van der Waals surface area contributed by atoms with Crippen molar-refractivity contribution in [1.82, 2.24) is 10.6 Å². The van der Waals surface area contributed by atoms with Crippen molar-refractivity contribution in [3.05, 3.63) is 65.7 Å². The highest BCUT2D eigenvalue weighted by molar-refractivity contribution is 5.80. The van der Waals surface area contributed by atoms with Crippen molar-refractivity contribution in [1.29, 1.82) is 0 Å². The average molecular weight is 310 g/mol. The van der Waals surface area contributed by atoms with Crippen LogP contribution < -0.4 is 15.4 Å². The molecule has 0 spiro atoms. The monoisotopic (exact) mass is 310 g/mol. The van der Waals surface area contributed by atoms with Gasteiger partial charge in [-0.15, -0.1) is 0 Å². The summed E-state index contributed by atoms with van der Waals surface area (Å²) >= 11 is 0. The lowest BCUT2D eigenvalue weighted by atomic mass is 9.96. The van der Waals surface area contributed by atoms with Crippen molar-refractivity contribution in [2.24, 2.45) is 5.92 Å². The minimum absolute atomic E-state index is 0.0379. The molecule has 2 aromatic rings. The van der Waals surface area contributed by atoms with E-state index in [2.05, 4.69) is 10.6 Å². The number of rotatable bonds is 5. The van der Waals surface area contributed by atoms with Gasteiger partial charge in [0.15, 0.2) is 0 Å². The van der Waals surface area contributed by atoms with Crippen molar-refractivity contribution in [2.45, 2.75) is 12.5 Å². The number of carbonyl (C=O) groups is 1. The maximum Gasteiger partial charge on any atom is 0.225 e. The molecule has 0 saturated carbocycles. The third-order valence-corrected chi connectivity index (χ3v) is 4.30. The van der Waals surface area contributed by atoms with Gasteiger partial charge in [0, 0.05) is 12.1 Å². The first kappa shape index (κ1) is 15.6. The summed E-state index contributed by atoms with van der Waals surface area (Å²) in [5.74, 6) is 0.914. The van der Waals surface area contributed by atoms with Crippen LogP contribution in [0.4, 0.5) is 0 Å². The fraction of sp³-hybridized carbons (Fsp3) is 0.316. The zero-order valence-corrected chi connectivity index (χ0v) is 13.3. The summed E-state index contributed by atoms with van der Waals surface area (Å²) in [7, 11) is 1.66. The van der Waals surface area contributed by atoms with Gasteiger partial charge in [-0.3, -0.25) is 4.79 Å². The Bertz CT molecular complexity index is 651. The Balaban J connectivity index is 1.92. The summed E-state index contributed by atoms with van der Waals surface area (Å²) in [6, 6.07) is 17.6. The van der Waals surface area contributed by atoms with Crippen LogP contribution in [0.1, 0.15) is 23.6 Å². The van der Waals surface area contributed by atoms with Gasteiger partial charge >= 0.3 is 0 Å². The molecule has 2 unspecified atom stereocenters. The number of methoxy groups -OCH3 is 1. The Morgan fingerprint density at radius 1 is 1.17 bits per heavy atom. The molecule has 2 N–H and O–H groups in total. The van der Waals surface area contributed by atoms with E-state index in [0.29, 0.717) is 0 Å². The second-order valence-corrected chi connectivity index (χ2v) is 5.78. The molecule has 0 aromatic heterocycles. The van der Waals surface area contributed by atoms with Gasteiger partial charge in [-0.2, -0.15) is 0 Å². The molecule has 1 aliphatic heterocycles. The van der Waals surface area contributed by atoms with Crippen LogP contribution in [0.5, 0.6) is 5.75 Å². The first-order chi connectivity index (χ1) is 11.3. The van der Waals surface area contributed by atoms with Crippen LogP contribution in [0.15, 0.2) is 54.6 Å². The maximum atomic E-state index is 12.6. The fourth-order valence-corrected chi connectivity index (χ4v) is 3.03. The van der Waals surface area contributed by atoms with Gasteiger partial charge in [0.2, 0.25) is 5.91 Å². The molecule has 2 atom stereocenters. The predicted octanol–water partition coefficient (Wildman–Crippen LogP) is 2.51. The van der Waals surface area contributed by atoms with Crippen molar-refractivity contribution in [2.75, 3.05) is 20.2 Å². The lowest BCUT2D eigenvalue weighted by molar-refractivity contribution is -0.124. The molecule has 4 nitrogen and oxygen atoms in total. The van der Waals surface area contributed by atoms with E-state index in [0.717, 1.165) is 36.4 Å². The maximum absolute atomic E-state index is 12.6. The highest BCUT2D eigenvalue weighted by Crippen LogP contribution is 2.30. The zero-order chi connectivity index (χ0) is 16.1. The smallest absolute Gasteiger partial charge is 0.225 e. The normalized spacial score (nSPS) is 18.4. The first-order valence-electron chi connectivity index (χ1n) is 7.98. The molecule has 1 heterocycles. The van der Waals surface area contributed by atoms with Crippen LogP contribution in [0.3, 0.4) is 0 Å². The molecule has 1 fully saturated rings. The molecule has 23 heavy (non-hydrogen) atoms. The fourth-order valence-electron chi connectivity index (χ4n) is 3.03. The van der Waals surface area contributed by atoms with E-state index in [1.807, 2.05) is 54.6 Å². The number of nitrogens with one attached hydrogen (secondary N) is 2. The molecule has 120 valence electrons. The lowest BCUT2D eigenvalue weighted by Crippen LogP contribution is -2.35.